The third kappa shape index (κ3) is 10.4. The van der Waals surface area contributed by atoms with E-state index in [0.29, 0.717) is 31.1 Å². The Labute approximate surface area is 220 Å². The van der Waals surface area contributed by atoms with E-state index in [9.17, 15) is 4.79 Å². The molecule has 206 valence electrons. The van der Waals surface area contributed by atoms with Crippen LogP contribution >= 0.6 is 0 Å². The van der Waals surface area contributed by atoms with Crippen LogP contribution < -0.4 is 0 Å². The first-order chi connectivity index (χ1) is 16.5. The maximum Gasteiger partial charge on any atom is 0.333 e. The molecule has 0 aliphatic heterocycles. The number of hydrogen-bond acceptors (Lipinski definition) is 5. The summed E-state index contributed by atoms with van der Waals surface area (Å²) in [5, 5.41) is 0. The van der Waals surface area contributed by atoms with Crippen molar-refractivity contribution in [3.8, 4) is 0 Å². The summed E-state index contributed by atoms with van der Waals surface area (Å²) >= 11 is 0. The smallest absolute Gasteiger partial charge is 0.333 e. The Kier molecular flexibility index (Phi) is 11.9. The fraction of sp³-hybridized carbons (Fsp3) is 0.710. The summed E-state index contributed by atoms with van der Waals surface area (Å²) in [6, 6.07) is 8.51. The molecule has 0 fully saturated rings. The third-order valence-corrected chi connectivity index (χ3v) is 6.90. The zero-order valence-corrected chi connectivity index (χ0v) is 24.9. The van der Waals surface area contributed by atoms with E-state index in [-0.39, 0.29) is 29.2 Å². The Morgan fingerprint density at radius 1 is 0.917 bits per heavy atom. The van der Waals surface area contributed by atoms with Gasteiger partial charge in [-0.1, -0.05) is 65.5 Å². The number of esters is 1. The lowest BCUT2D eigenvalue weighted by Gasteiger charge is -2.34. The van der Waals surface area contributed by atoms with E-state index < -0.39 is 5.60 Å². The molecule has 0 aromatic heterocycles. The first kappa shape index (κ1) is 32.3. The third-order valence-electron chi connectivity index (χ3n) is 6.90. The predicted molar refractivity (Wildman–Crippen MR) is 148 cm³/mol. The Morgan fingerprint density at radius 2 is 1.47 bits per heavy atom. The number of hydrogen-bond donors (Lipinski definition) is 0. The van der Waals surface area contributed by atoms with Gasteiger partial charge in [-0.05, 0) is 70.9 Å². The highest BCUT2D eigenvalue weighted by atomic mass is 16.5. The van der Waals surface area contributed by atoms with E-state index in [2.05, 4.69) is 86.2 Å². The molecule has 1 unspecified atom stereocenters. The number of carbonyl (C=O) groups excluding carboxylic acids is 1. The number of benzene rings is 1. The highest BCUT2D eigenvalue weighted by Gasteiger charge is 2.30. The summed E-state index contributed by atoms with van der Waals surface area (Å²) < 4.78 is 23.7. The summed E-state index contributed by atoms with van der Waals surface area (Å²) in [5.41, 5.74) is 1.37. The fourth-order valence-corrected chi connectivity index (χ4v) is 3.68. The molecule has 5 heteroatoms. The zero-order chi connectivity index (χ0) is 27.8. The summed E-state index contributed by atoms with van der Waals surface area (Å²) in [6.45, 7) is 26.0. The van der Waals surface area contributed by atoms with Gasteiger partial charge in [0.15, 0.2) is 0 Å². The molecule has 1 aromatic carbocycles. The van der Waals surface area contributed by atoms with E-state index in [1.54, 1.807) is 7.11 Å². The van der Waals surface area contributed by atoms with Gasteiger partial charge in [0.1, 0.15) is 0 Å². The SMILES string of the molecule is C=C(CC(C)C)C(=O)OCC(C)(C)COC(C)(C)c1ccc(C(C)(CC)OCCC(C)(C)OC)cc1. The molecule has 0 N–H and O–H groups in total. The van der Waals surface area contributed by atoms with Crippen LogP contribution in [0.25, 0.3) is 0 Å². The van der Waals surface area contributed by atoms with E-state index in [4.69, 9.17) is 18.9 Å². The minimum atomic E-state index is -0.493. The van der Waals surface area contributed by atoms with Crippen molar-refractivity contribution in [2.45, 2.75) is 105 Å². The number of ether oxygens (including phenoxy) is 4. The highest BCUT2D eigenvalue weighted by Crippen LogP contribution is 2.33. The molecular formula is C31H52O5. The van der Waals surface area contributed by atoms with Gasteiger partial charge in [0.05, 0.1) is 36.6 Å². The average molecular weight is 505 g/mol. The molecule has 0 amide bonds. The molecule has 0 heterocycles. The van der Waals surface area contributed by atoms with Crippen molar-refractivity contribution in [3.05, 3.63) is 47.5 Å². The molecule has 5 nitrogen and oxygen atoms in total. The second-order valence-corrected chi connectivity index (χ2v) is 12.5. The Hall–Kier alpha value is -1.69. The quantitative estimate of drug-likeness (QED) is 0.172. The predicted octanol–water partition coefficient (Wildman–Crippen LogP) is 7.57. The Balaban J connectivity index is 2.76. The Bertz CT molecular complexity index is 835. The molecule has 0 bridgehead atoms. The van der Waals surface area contributed by atoms with Gasteiger partial charge in [-0.2, -0.15) is 0 Å². The molecule has 0 saturated carbocycles. The minimum absolute atomic E-state index is 0.200. The molecule has 0 radical (unpaired) electrons. The Morgan fingerprint density at radius 3 is 1.97 bits per heavy atom. The van der Waals surface area contributed by atoms with Crippen LogP contribution in [0.15, 0.2) is 36.4 Å². The lowest BCUT2D eigenvalue weighted by molar-refractivity contribution is -0.145. The van der Waals surface area contributed by atoms with Gasteiger partial charge in [0.25, 0.3) is 0 Å². The molecule has 1 aromatic rings. The average Bonchev–Trinajstić information content (AvgIpc) is 2.81. The van der Waals surface area contributed by atoms with Gasteiger partial charge >= 0.3 is 5.97 Å². The van der Waals surface area contributed by atoms with Gasteiger partial charge in [-0.25, -0.2) is 4.79 Å². The molecule has 0 aliphatic carbocycles. The summed E-state index contributed by atoms with van der Waals surface area (Å²) in [7, 11) is 1.74. The van der Waals surface area contributed by atoms with E-state index in [0.717, 1.165) is 24.0 Å². The topological polar surface area (TPSA) is 54.0 Å². The largest absolute Gasteiger partial charge is 0.462 e. The van der Waals surface area contributed by atoms with Crippen LogP contribution in [0.1, 0.15) is 99.6 Å². The van der Waals surface area contributed by atoms with Crippen LogP contribution in [0.3, 0.4) is 0 Å². The maximum absolute atomic E-state index is 12.2. The molecular weight excluding hydrogens is 452 g/mol. The normalized spacial score (nSPS) is 14.6. The number of rotatable bonds is 16. The van der Waals surface area contributed by atoms with E-state index in [1.807, 2.05) is 13.8 Å². The van der Waals surface area contributed by atoms with Crippen molar-refractivity contribution in [2.24, 2.45) is 11.3 Å². The lowest BCUT2D eigenvalue weighted by Crippen LogP contribution is -2.33. The zero-order valence-electron chi connectivity index (χ0n) is 24.9. The van der Waals surface area contributed by atoms with Crippen LogP contribution in [0.4, 0.5) is 0 Å². The molecule has 0 saturated heterocycles. The maximum atomic E-state index is 12.2. The standard InChI is InChI=1S/C31H52O5/c1-13-31(11,35-19-18-29(7,8)33-12)26-16-14-25(15-17-26)30(9,10)36-22-28(5,6)21-34-27(32)24(4)20-23(2)3/h14-17,23H,4,13,18-22H2,1-3,5-12H3. The first-order valence-electron chi connectivity index (χ1n) is 13.3. The molecule has 36 heavy (non-hydrogen) atoms. The van der Waals surface area contributed by atoms with Gasteiger partial charge in [-0.15, -0.1) is 0 Å². The summed E-state index contributed by atoms with van der Waals surface area (Å²) in [5.74, 6) is 0.0525. The van der Waals surface area contributed by atoms with Crippen LogP contribution in [-0.2, 0) is 34.9 Å². The monoisotopic (exact) mass is 504 g/mol. The summed E-state index contributed by atoms with van der Waals surface area (Å²) in [6.07, 6.45) is 2.34. The van der Waals surface area contributed by atoms with Crippen LogP contribution in [0.2, 0.25) is 0 Å². The van der Waals surface area contributed by atoms with Crippen LogP contribution in [0.5, 0.6) is 0 Å². The van der Waals surface area contributed by atoms with E-state index >= 15 is 0 Å². The fourth-order valence-electron chi connectivity index (χ4n) is 3.68. The first-order valence-corrected chi connectivity index (χ1v) is 13.3. The minimum Gasteiger partial charge on any atom is -0.462 e. The summed E-state index contributed by atoms with van der Waals surface area (Å²) in [4.78, 5) is 12.2. The van der Waals surface area contributed by atoms with Crippen LogP contribution in [0, 0.1) is 11.3 Å². The second-order valence-electron chi connectivity index (χ2n) is 12.5. The molecule has 0 aliphatic rings. The highest BCUT2D eigenvalue weighted by molar-refractivity contribution is 5.87. The van der Waals surface area contributed by atoms with Crippen molar-refractivity contribution >= 4 is 5.97 Å². The van der Waals surface area contributed by atoms with Crippen molar-refractivity contribution in [1.29, 1.82) is 0 Å². The van der Waals surface area contributed by atoms with Crippen LogP contribution in [-0.4, -0.2) is 38.5 Å². The van der Waals surface area contributed by atoms with Crippen molar-refractivity contribution in [3.63, 3.8) is 0 Å². The van der Waals surface area contributed by atoms with Gasteiger partial charge in [0, 0.05) is 18.1 Å². The van der Waals surface area contributed by atoms with Crippen molar-refractivity contribution < 1.29 is 23.7 Å². The molecule has 1 atom stereocenters. The number of methoxy groups -OCH3 is 1. The molecule has 1 rings (SSSR count). The van der Waals surface area contributed by atoms with Crippen molar-refractivity contribution in [2.75, 3.05) is 26.9 Å². The van der Waals surface area contributed by atoms with Gasteiger partial charge < -0.3 is 18.9 Å². The van der Waals surface area contributed by atoms with Gasteiger partial charge in [0.2, 0.25) is 0 Å². The lowest BCUT2D eigenvalue weighted by atomic mass is 9.89. The molecule has 0 spiro atoms. The second kappa shape index (κ2) is 13.2. The number of carbonyl (C=O) groups is 1. The van der Waals surface area contributed by atoms with E-state index in [1.165, 1.54) is 0 Å². The van der Waals surface area contributed by atoms with Crippen molar-refractivity contribution in [1.82, 2.24) is 0 Å². The van der Waals surface area contributed by atoms with Gasteiger partial charge in [-0.3, -0.25) is 0 Å².